The van der Waals surface area contributed by atoms with E-state index in [0.717, 1.165) is 52.7 Å². The van der Waals surface area contributed by atoms with Crippen molar-refractivity contribution in [3.05, 3.63) is 35.0 Å². The third-order valence-corrected chi connectivity index (χ3v) is 3.49. The first-order valence-electron chi connectivity index (χ1n) is 6.05. The zero-order valence-corrected chi connectivity index (χ0v) is 10.3. The number of amidine groups is 1. The molecule has 1 aliphatic rings. The predicted molar refractivity (Wildman–Crippen MR) is 71.3 cm³/mol. The van der Waals surface area contributed by atoms with Crippen molar-refractivity contribution in [2.45, 2.75) is 19.3 Å². The number of aromatic nitrogens is 1. The lowest BCUT2D eigenvalue weighted by Gasteiger charge is -2.12. The van der Waals surface area contributed by atoms with Crippen molar-refractivity contribution in [1.82, 2.24) is 4.98 Å². The van der Waals surface area contributed by atoms with Crippen LogP contribution in [0.15, 0.2) is 18.2 Å². The van der Waals surface area contributed by atoms with Gasteiger partial charge < -0.3 is 10.5 Å². The Labute approximate surface area is 105 Å². The van der Waals surface area contributed by atoms with E-state index in [1.54, 1.807) is 7.11 Å². The summed E-state index contributed by atoms with van der Waals surface area (Å²) >= 11 is 0. The number of nitrogens with one attached hydrogen (secondary N) is 1. The second-order valence-corrected chi connectivity index (χ2v) is 4.54. The molecule has 92 valence electrons. The second-order valence-electron chi connectivity index (χ2n) is 4.54. The van der Waals surface area contributed by atoms with E-state index in [-0.39, 0.29) is 5.84 Å². The summed E-state index contributed by atoms with van der Waals surface area (Å²) in [6.07, 6.45) is 3.01. The van der Waals surface area contributed by atoms with Crippen molar-refractivity contribution in [3.63, 3.8) is 0 Å². The highest BCUT2D eigenvalue weighted by Crippen LogP contribution is 2.33. The van der Waals surface area contributed by atoms with E-state index >= 15 is 0 Å². The van der Waals surface area contributed by atoms with Crippen LogP contribution in [0.3, 0.4) is 0 Å². The fraction of sp³-hybridized carbons (Fsp3) is 0.286. The van der Waals surface area contributed by atoms with Gasteiger partial charge in [0.15, 0.2) is 0 Å². The summed E-state index contributed by atoms with van der Waals surface area (Å²) in [5, 5.41) is 8.74. The first-order chi connectivity index (χ1) is 8.72. The van der Waals surface area contributed by atoms with E-state index in [1.807, 2.05) is 18.2 Å². The number of benzene rings is 1. The Bertz CT molecular complexity index is 649. The molecule has 3 rings (SSSR count). The van der Waals surface area contributed by atoms with E-state index in [9.17, 15) is 0 Å². The molecule has 0 amide bonds. The average molecular weight is 241 g/mol. The molecule has 0 spiro atoms. The number of fused-ring (bicyclic) bond motifs is 2. The standard InChI is InChI=1S/C14H15N3O/c1-18-11-7-3-5-9-12(14(15)16)8-4-2-6-10(8)17-13(9)11/h3,5,7H,2,4,6H2,1H3,(H3,15,16). The van der Waals surface area contributed by atoms with Crippen molar-refractivity contribution in [2.24, 2.45) is 5.73 Å². The van der Waals surface area contributed by atoms with Gasteiger partial charge in [-0.1, -0.05) is 12.1 Å². The van der Waals surface area contributed by atoms with Crippen molar-refractivity contribution in [1.29, 1.82) is 5.41 Å². The van der Waals surface area contributed by atoms with Crippen LogP contribution in [0.2, 0.25) is 0 Å². The van der Waals surface area contributed by atoms with Crippen molar-refractivity contribution in [3.8, 4) is 5.75 Å². The monoisotopic (exact) mass is 241 g/mol. The highest BCUT2D eigenvalue weighted by Gasteiger charge is 2.22. The maximum atomic E-state index is 7.82. The van der Waals surface area contributed by atoms with Gasteiger partial charge in [0.1, 0.15) is 17.1 Å². The van der Waals surface area contributed by atoms with Gasteiger partial charge in [-0.15, -0.1) is 0 Å². The molecule has 2 aromatic rings. The molecule has 4 heteroatoms. The summed E-state index contributed by atoms with van der Waals surface area (Å²) in [4.78, 5) is 4.69. The fourth-order valence-corrected chi connectivity index (χ4v) is 2.73. The summed E-state index contributed by atoms with van der Waals surface area (Å²) in [5.74, 6) is 0.860. The SMILES string of the molecule is COc1cccc2c(C(=N)N)c3c(nc12)CCC3. The maximum absolute atomic E-state index is 7.82. The third kappa shape index (κ3) is 1.45. The number of nitrogen functional groups attached to an aromatic ring is 1. The molecule has 0 radical (unpaired) electrons. The zero-order chi connectivity index (χ0) is 12.7. The molecule has 0 saturated heterocycles. The summed E-state index contributed by atoms with van der Waals surface area (Å²) in [7, 11) is 1.64. The Kier molecular flexibility index (Phi) is 2.44. The van der Waals surface area contributed by atoms with Gasteiger partial charge in [-0.25, -0.2) is 4.98 Å². The molecule has 0 atom stereocenters. The number of pyridine rings is 1. The Morgan fingerprint density at radius 3 is 2.94 bits per heavy atom. The Balaban J connectivity index is 2.45. The molecule has 3 N–H and O–H groups in total. The molecular weight excluding hydrogens is 226 g/mol. The van der Waals surface area contributed by atoms with Crippen LogP contribution in [0, 0.1) is 5.41 Å². The van der Waals surface area contributed by atoms with Crippen LogP contribution >= 0.6 is 0 Å². The lowest BCUT2D eigenvalue weighted by molar-refractivity contribution is 0.419. The molecular formula is C14H15N3O. The molecule has 1 heterocycles. The maximum Gasteiger partial charge on any atom is 0.145 e. The average Bonchev–Trinajstić information content (AvgIpc) is 2.82. The van der Waals surface area contributed by atoms with Gasteiger partial charge in [0.05, 0.1) is 7.11 Å². The van der Waals surface area contributed by atoms with Crippen LogP contribution in [-0.4, -0.2) is 17.9 Å². The van der Waals surface area contributed by atoms with Gasteiger partial charge in [-0.3, -0.25) is 5.41 Å². The van der Waals surface area contributed by atoms with Crippen LogP contribution in [0.25, 0.3) is 10.9 Å². The smallest absolute Gasteiger partial charge is 0.145 e. The Hall–Kier alpha value is -2.10. The van der Waals surface area contributed by atoms with E-state index in [0.29, 0.717) is 0 Å². The first-order valence-corrected chi connectivity index (χ1v) is 6.05. The molecule has 0 unspecified atom stereocenters. The van der Waals surface area contributed by atoms with E-state index in [1.165, 1.54) is 0 Å². The van der Waals surface area contributed by atoms with Gasteiger partial charge in [0.25, 0.3) is 0 Å². The predicted octanol–water partition coefficient (Wildman–Crippen LogP) is 2.02. The topological polar surface area (TPSA) is 72.0 Å². The van der Waals surface area contributed by atoms with Gasteiger partial charge in [-0.05, 0) is 30.9 Å². The summed E-state index contributed by atoms with van der Waals surface area (Å²) < 4.78 is 5.35. The molecule has 1 aromatic heterocycles. The normalized spacial score (nSPS) is 13.6. The number of aryl methyl sites for hydroxylation is 1. The first kappa shape index (κ1) is 11.0. The van der Waals surface area contributed by atoms with Crippen LogP contribution in [0.4, 0.5) is 0 Å². The van der Waals surface area contributed by atoms with Crippen LogP contribution in [0.5, 0.6) is 5.75 Å². The minimum Gasteiger partial charge on any atom is -0.494 e. The number of ether oxygens (including phenoxy) is 1. The largest absolute Gasteiger partial charge is 0.494 e. The highest BCUT2D eigenvalue weighted by molar-refractivity contribution is 6.09. The molecule has 1 aliphatic carbocycles. The van der Waals surface area contributed by atoms with Crippen molar-refractivity contribution < 1.29 is 4.74 Å². The number of para-hydroxylation sites is 1. The van der Waals surface area contributed by atoms with Crippen molar-refractivity contribution in [2.75, 3.05) is 7.11 Å². The molecule has 0 bridgehead atoms. The number of methoxy groups -OCH3 is 1. The van der Waals surface area contributed by atoms with Gasteiger partial charge >= 0.3 is 0 Å². The minimum atomic E-state index is 0.119. The number of nitrogens with two attached hydrogens (primary N) is 1. The highest BCUT2D eigenvalue weighted by atomic mass is 16.5. The lowest BCUT2D eigenvalue weighted by atomic mass is 10.00. The van der Waals surface area contributed by atoms with E-state index < -0.39 is 0 Å². The summed E-state index contributed by atoms with van der Waals surface area (Å²) in [6.45, 7) is 0. The lowest BCUT2D eigenvalue weighted by Crippen LogP contribution is -2.15. The van der Waals surface area contributed by atoms with Gasteiger partial charge in [-0.2, -0.15) is 0 Å². The fourth-order valence-electron chi connectivity index (χ4n) is 2.73. The quantitative estimate of drug-likeness (QED) is 0.624. The van der Waals surface area contributed by atoms with E-state index in [2.05, 4.69) is 0 Å². The van der Waals surface area contributed by atoms with Crippen LogP contribution in [0.1, 0.15) is 23.2 Å². The molecule has 0 aliphatic heterocycles. The van der Waals surface area contributed by atoms with E-state index in [4.69, 9.17) is 20.9 Å². The van der Waals surface area contributed by atoms with Crippen LogP contribution in [-0.2, 0) is 12.8 Å². The Morgan fingerprint density at radius 2 is 2.22 bits per heavy atom. The second kappa shape index (κ2) is 3.98. The summed E-state index contributed by atoms with van der Waals surface area (Å²) in [6, 6.07) is 5.76. The van der Waals surface area contributed by atoms with Crippen molar-refractivity contribution >= 4 is 16.7 Å². The minimum absolute atomic E-state index is 0.119. The molecule has 18 heavy (non-hydrogen) atoms. The van der Waals surface area contributed by atoms with Gasteiger partial charge in [0.2, 0.25) is 0 Å². The zero-order valence-electron chi connectivity index (χ0n) is 10.3. The van der Waals surface area contributed by atoms with Gasteiger partial charge in [0, 0.05) is 16.6 Å². The molecule has 1 aromatic carbocycles. The molecule has 0 saturated carbocycles. The molecule has 4 nitrogen and oxygen atoms in total. The molecule has 0 fully saturated rings. The summed E-state index contributed by atoms with van der Waals surface area (Å²) in [5.41, 5.74) is 9.62. The van der Waals surface area contributed by atoms with Crippen LogP contribution < -0.4 is 10.5 Å². The Morgan fingerprint density at radius 1 is 1.39 bits per heavy atom. The number of rotatable bonds is 2. The number of nitrogens with zero attached hydrogens (tertiary/aromatic N) is 1. The number of hydrogen-bond donors (Lipinski definition) is 2. The third-order valence-electron chi connectivity index (χ3n) is 3.49. The number of hydrogen-bond acceptors (Lipinski definition) is 3.